The van der Waals surface area contributed by atoms with Gasteiger partial charge in [0.15, 0.2) is 17.3 Å². The van der Waals surface area contributed by atoms with Gasteiger partial charge in [0.1, 0.15) is 35.9 Å². The van der Waals surface area contributed by atoms with E-state index in [2.05, 4.69) is 0 Å². The number of carbonyl (C=O) groups excluding carboxylic acids is 1. The molecule has 0 aromatic heterocycles. The van der Waals surface area contributed by atoms with Gasteiger partial charge < -0.3 is 50.3 Å². The maximum atomic E-state index is 12.6. The monoisotopic (exact) mass is 462 g/mol. The molecule has 2 aliphatic rings. The molecule has 0 spiro atoms. The van der Waals surface area contributed by atoms with Crippen LogP contribution in [0.25, 0.3) is 5.57 Å². The molecule has 0 unspecified atom stereocenters. The molecular formula is C22H22O11. The van der Waals surface area contributed by atoms with E-state index in [1.807, 2.05) is 0 Å². The summed E-state index contributed by atoms with van der Waals surface area (Å²) in [5.74, 6) is -2.84. The van der Waals surface area contributed by atoms with E-state index in [0.717, 1.165) is 6.07 Å². The molecule has 1 heterocycles. The van der Waals surface area contributed by atoms with Gasteiger partial charge in [-0.2, -0.15) is 0 Å². The third-order valence-corrected chi connectivity index (χ3v) is 5.68. The number of aliphatic hydroxyl groups is 5. The number of aliphatic hydroxyl groups excluding tert-OH is 5. The predicted molar refractivity (Wildman–Crippen MR) is 110 cm³/mol. The molecule has 33 heavy (non-hydrogen) atoms. The molecule has 2 aromatic carbocycles. The Morgan fingerprint density at radius 2 is 1.67 bits per heavy atom. The number of allylic oxidation sites excluding steroid dienone is 2. The Hall–Kier alpha value is -3.35. The first-order valence-corrected chi connectivity index (χ1v) is 9.94. The molecule has 11 heteroatoms. The number of fused-ring (bicyclic) bond motifs is 1. The van der Waals surface area contributed by atoms with Gasteiger partial charge in [0.25, 0.3) is 0 Å². The first-order valence-electron chi connectivity index (χ1n) is 9.94. The van der Waals surface area contributed by atoms with E-state index in [4.69, 9.17) is 9.47 Å². The minimum absolute atomic E-state index is 0.0266. The Morgan fingerprint density at radius 1 is 0.939 bits per heavy atom. The summed E-state index contributed by atoms with van der Waals surface area (Å²) in [7, 11) is 0. The lowest BCUT2D eigenvalue weighted by Crippen LogP contribution is -2.60. The van der Waals surface area contributed by atoms with Crippen molar-refractivity contribution in [3.8, 4) is 23.0 Å². The van der Waals surface area contributed by atoms with Crippen molar-refractivity contribution in [2.75, 3.05) is 6.61 Å². The topological polar surface area (TPSA) is 197 Å². The quantitative estimate of drug-likeness (QED) is 0.297. The van der Waals surface area contributed by atoms with E-state index < -0.39 is 60.4 Å². The predicted octanol–water partition coefficient (Wildman–Crippen LogP) is -0.310. The number of Topliss-reactive ketones (excluding diaryl/α,β-unsaturated/α-hetero) is 1. The fourth-order valence-corrected chi connectivity index (χ4v) is 3.93. The van der Waals surface area contributed by atoms with Crippen LogP contribution in [-0.2, 0) is 11.2 Å². The van der Waals surface area contributed by atoms with E-state index in [0.29, 0.717) is 0 Å². The van der Waals surface area contributed by atoms with Gasteiger partial charge in [-0.25, -0.2) is 0 Å². The van der Waals surface area contributed by atoms with E-state index in [1.165, 1.54) is 24.3 Å². The highest BCUT2D eigenvalue weighted by atomic mass is 16.7. The van der Waals surface area contributed by atoms with Gasteiger partial charge in [0.2, 0.25) is 12.1 Å². The Kier molecular flexibility index (Phi) is 5.91. The van der Waals surface area contributed by atoms with Crippen LogP contribution in [0.5, 0.6) is 23.0 Å². The maximum Gasteiger partial charge on any atom is 0.231 e. The summed E-state index contributed by atoms with van der Waals surface area (Å²) in [5.41, 5.74) is 0.535. The first-order chi connectivity index (χ1) is 15.6. The number of hydrogen-bond acceptors (Lipinski definition) is 11. The normalized spacial score (nSPS) is 27.4. The Morgan fingerprint density at radius 3 is 2.33 bits per heavy atom. The highest BCUT2D eigenvalue weighted by Gasteiger charge is 2.45. The van der Waals surface area contributed by atoms with E-state index >= 15 is 0 Å². The molecule has 0 bridgehead atoms. The molecule has 1 saturated heterocycles. The molecule has 4 rings (SSSR count). The van der Waals surface area contributed by atoms with Crippen LogP contribution in [0.2, 0.25) is 0 Å². The standard InChI is InChI=1S/C22H22O11/c23-7-15-18(28)20(30)21(31)22(33-15)32-14-2-1-8(5-12(14)25)11-4-9-3-10(24)6-13(26)16(9)19(29)17(11)27/h1-3,5-6,15,18,20-28,30-31H,4,7H2/t15-,18-,20+,21-,22-/m1/s1. The van der Waals surface area contributed by atoms with Gasteiger partial charge in [-0.1, -0.05) is 6.07 Å². The number of aromatic hydroxyl groups is 3. The second-order valence-electron chi connectivity index (χ2n) is 7.83. The van der Waals surface area contributed by atoms with Gasteiger partial charge in [-0.15, -0.1) is 0 Å². The fourth-order valence-electron chi connectivity index (χ4n) is 3.93. The molecule has 11 nitrogen and oxygen atoms in total. The highest BCUT2D eigenvalue weighted by molar-refractivity contribution is 6.16. The van der Waals surface area contributed by atoms with Crippen molar-refractivity contribution < 1.29 is 55.1 Å². The maximum absolute atomic E-state index is 12.6. The van der Waals surface area contributed by atoms with Crippen LogP contribution in [0.1, 0.15) is 21.5 Å². The number of hydrogen-bond donors (Lipinski definition) is 8. The van der Waals surface area contributed by atoms with Crippen molar-refractivity contribution in [2.24, 2.45) is 0 Å². The summed E-state index contributed by atoms with van der Waals surface area (Å²) < 4.78 is 10.7. The Balaban J connectivity index is 1.61. The summed E-state index contributed by atoms with van der Waals surface area (Å²) in [6, 6.07) is 6.14. The summed E-state index contributed by atoms with van der Waals surface area (Å²) in [4.78, 5) is 12.6. The second kappa shape index (κ2) is 8.54. The molecule has 1 fully saturated rings. The summed E-state index contributed by atoms with van der Waals surface area (Å²) >= 11 is 0. The molecule has 5 atom stereocenters. The molecule has 0 saturated carbocycles. The summed E-state index contributed by atoms with van der Waals surface area (Å²) in [5, 5.41) is 79.6. The van der Waals surface area contributed by atoms with Crippen LogP contribution in [0, 0.1) is 0 Å². The van der Waals surface area contributed by atoms with Crippen molar-refractivity contribution in [1.82, 2.24) is 0 Å². The van der Waals surface area contributed by atoms with Crippen molar-refractivity contribution in [2.45, 2.75) is 37.1 Å². The number of carbonyl (C=O) groups is 1. The van der Waals surface area contributed by atoms with Crippen LogP contribution in [0.3, 0.4) is 0 Å². The molecule has 1 aliphatic heterocycles. The van der Waals surface area contributed by atoms with Crippen LogP contribution in [-0.4, -0.2) is 83.9 Å². The van der Waals surface area contributed by atoms with Gasteiger partial charge in [0.05, 0.1) is 12.2 Å². The molecule has 0 radical (unpaired) electrons. The van der Waals surface area contributed by atoms with E-state index in [-0.39, 0.29) is 40.2 Å². The zero-order valence-electron chi connectivity index (χ0n) is 17.0. The summed E-state index contributed by atoms with van der Waals surface area (Å²) in [6.07, 6.45) is -7.65. The highest BCUT2D eigenvalue weighted by Crippen LogP contribution is 2.40. The molecule has 2 aromatic rings. The molecule has 0 amide bonds. The average molecular weight is 462 g/mol. The average Bonchev–Trinajstić information content (AvgIpc) is 2.77. The van der Waals surface area contributed by atoms with Crippen molar-refractivity contribution in [3.05, 3.63) is 52.8 Å². The minimum Gasteiger partial charge on any atom is -0.508 e. The fraction of sp³-hybridized carbons (Fsp3) is 0.318. The number of ether oxygens (including phenoxy) is 2. The van der Waals surface area contributed by atoms with Crippen molar-refractivity contribution in [1.29, 1.82) is 0 Å². The Labute approximate surface area is 186 Å². The largest absolute Gasteiger partial charge is 0.508 e. The first kappa shape index (κ1) is 22.8. The Bertz CT molecular complexity index is 1120. The zero-order valence-corrected chi connectivity index (χ0v) is 17.0. The van der Waals surface area contributed by atoms with Crippen LogP contribution < -0.4 is 4.74 Å². The number of phenolic OH excluding ortho intramolecular Hbond substituents is 3. The van der Waals surface area contributed by atoms with Crippen molar-refractivity contribution >= 4 is 11.4 Å². The molecule has 1 aliphatic carbocycles. The SMILES string of the molecule is O=C1C(O)=C(c2ccc(O[C@@H]3O[C@H](CO)[C@@H](O)[C@H](O)[C@H]3O)c(O)c2)Cc2cc(O)cc(O)c21. The van der Waals surface area contributed by atoms with Crippen LogP contribution in [0.4, 0.5) is 0 Å². The number of ketones is 1. The number of rotatable bonds is 4. The molecule has 8 N–H and O–H groups in total. The van der Waals surface area contributed by atoms with Gasteiger partial charge >= 0.3 is 0 Å². The lowest BCUT2D eigenvalue weighted by atomic mass is 9.85. The van der Waals surface area contributed by atoms with Crippen molar-refractivity contribution in [3.63, 3.8) is 0 Å². The lowest BCUT2D eigenvalue weighted by Gasteiger charge is -2.39. The third-order valence-electron chi connectivity index (χ3n) is 5.68. The van der Waals surface area contributed by atoms with Gasteiger partial charge in [0, 0.05) is 18.1 Å². The molecule has 176 valence electrons. The van der Waals surface area contributed by atoms with E-state index in [9.17, 15) is 45.6 Å². The zero-order chi connectivity index (χ0) is 24.0. The van der Waals surface area contributed by atoms with Gasteiger partial charge in [-0.05, 0) is 29.3 Å². The number of phenols is 3. The van der Waals surface area contributed by atoms with Crippen LogP contribution in [0.15, 0.2) is 36.1 Å². The number of benzene rings is 2. The summed E-state index contributed by atoms with van der Waals surface area (Å²) in [6.45, 7) is -0.649. The molecular weight excluding hydrogens is 440 g/mol. The van der Waals surface area contributed by atoms with Crippen LogP contribution >= 0.6 is 0 Å². The third kappa shape index (κ3) is 3.96. The lowest BCUT2D eigenvalue weighted by molar-refractivity contribution is -0.277. The second-order valence-corrected chi connectivity index (χ2v) is 7.83. The van der Waals surface area contributed by atoms with Gasteiger partial charge in [-0.3, -0.25) is 4.79 Å². The van der Waals surface area contributed by atoms with E-state index in [1.54, 1.807) is 0 Å². The smallest absolute Gasteiger partial charge is 0.231 e. The minimum atomic E-state index is -1.68.